The molecule has 1 amide bonds. The normalized spacial score (nSPS) is 10.3. The molecule has 0 spiro atoms. The van der Waals surface area contributed by atoms with Gasteiger partial charge in [-0.3, -0.25) is 4.79 Å². The van der Waals surface area contributed by atoms with Gasteiger partial charge in [-0.15, -0.1) is 0 Å². The van der Waals surface area contributed by atoms with Crippen LogP contribution in [0.2, 0.25) is 10.0 Å². The predicted octanol–water partition coefficient (Wildman–Crippen LogP) is 4.87. The molecule has 0 atom stereocenters. The first-order chi connectivity index (χ1) is 9.58. The van der Waals surface area contributed by atoms with Crippen molar-refractivity contribution in [1.29, 1.82) is 0 Å². The van der Waals surface area contributed by atoms with Crippen LogP contribution < -0.4 is 5.32 Å². The summed E-state index contributed by atoms with van der Waals surface area (Å²) in [5, 5.41) is 3.94. The van der Waals surface area contributed by atoms with Gasteiger partial charge in [-0.25, -0.2) is 0 Å². The van der Waals surface area contributed by atoms with E-state index in [1.54, 1.807) is 6.07 Å². The van der Waals surface area contributed by atoms with Crippen LogP contribution in [-0.4, -0.2) is 5.91 Å². The topological polar surface area (TPSA) is 29.1 Å². The Hall–Kier alpha value is -1.51. The van der Waals surface area contributed by atoms with Gasteiger partial charge in [0.05, 0.1) is 10.0 Å². The summed E-state index contributed by atoms with van der Waals surface area (Å²) in [5.74, 6) is -0.0321. The van der Waals surface area contributed by atoms with E-state index in [0.717, 1.165) is 16.8 Å². The van der Waals surface area contributed by atoms with Crippen molar-refractivity contribution in [3.63, 3.8) is 0 Å². The molecule has 0 aliphatic heterocycles. The van der Waals surface area contributed by atoms with Gasteiger partial charge in [0, 0.05) is 12.1 Å². The van der Waals surface area contributed by atoms with E-state index in [0.29, 0.717) is 22.9 Å². The van der Waals surface area contributed by atoms with Gasteiger partial charge in [0.2, 0.25) is 5.91 Å². The van der Waals surface area contributed by atoms with E-state index in [-0.39, 0.29) is 5.91 Å². The molecule has 0 unspecified atom stereocenters. The van der Waals surface area contributed by atoms with Gasteiger partial charge in [0.1, 0.15) is 0 Å². The van der Waals surface area contributed by atoms with Crippen molar-refractivity contribution in [3.8, 4) is 0 Å². The molecule has 2 rings (SSSR count). The second kappa shape index (κ2) is 6.78. The first-order valence-electron chi connectivity index (χ1n) is 6.36. The number of anilines is 1. The number of benzene rings is 2. The number of para-hydroxylation sites is 1. The van der Waals surface area contributed by atoms with Gasteiger partial charge in [0.25, 0.3) is 0 Å². The molecule has 0 aromatic heterocycles. The molecule has 0 heterocycles. The van der Waals surface area contributed by atoms with E-state index in [4.69, 9.17) is 23.2 Å². The van der Waals surface area contributed by atoms with Crippen LogP contribution >= 0.6 is 23.2 Å². The van der Waals surface area contributed by atoms with Crippen molar-refractivity contribution < 1.29 is 4.79 Å². The third-order valence-corrected chi connectivity index (χ3v) is 3.93. The molecule has 2 aromatic carbocycles. The lowest BCUT2D eigenvalue weighted by Crippen LogP contribution is -2.13. The maximum atomic E-state index is 11.9. The summed E-state index contributed by atoms with van der Waals surface area (Å²) in [6, 6.07) is 13.1. The van der Waals surface area contributed by atoms with Crippen molar-refractivity contribution in [2.24, 2.45) is 0 Å². The maximum Gasteiger partial charge on any atom is 0.224 e. The highest BCUT2D eigenvalue weighted by atomic mass is 35.5. The fourth-order valence-corrected chi connectivity index (χ4v) is 2.33. The van der Waals surface area contributed by atoms with Crippen LogP contribution in [0.25, 0.3) is 0 Å². The van der Waals surface area contributed by atoms with E-state index in [2.05, 4.69) is 5.32 Å². The van der Waals surface area contributed by atoms with E-state index >= 15 is 0 Å². The molecular weight excluding hydrogens is 293 g/mol. The molecule has 2 nitrogen and oxygen atoms in total. The Labute approximate surface area is 128 Å². The second-order valence-electron chi connectivity index (χ2n) is 4.58. The van der Waals surface area contributed by atoms with Gasteiger partial charge in [0.15, 0.2) is 0 Å². The van der Waals surface area contributed by atoms with E-state index in [1.165, 1.54) is 0 Å². The molecule has 0 bridgehead atoms. The summed E-state index contributed by atoms with van der Waals surface area (Å²) in [6.45, 7) is 1.96. The molecule has 104 valence electrons. The van der Waals surface area contributed by atoms with Crippen LogP contribution in [0.15, 0.2) is 42.5 Å². The van der Waals surface area contributed by atoms with Crippen LogP contribution in [0.1, 0.15) is 17.5 Å². The van der Waals surface area contributed by atoms with Crippen molar-refractivity contribution in [1.82, 2.24) is 0 Å². The van der Waals surface area contributed by atoms with E-state index in [1.807, 2.05) is 43.3 Å². The van der Waals surface area contributed by atoms with Gasteiger partial charge < -0.3 is 5.32 Å². The Morgan fingerprint density at radius 3 is 2.60 bits per heavy atom. The van der Waals surface area contributed by atoms with E-state index in [9.17, 15) is 4.79 Å². The molecule has 0 radical (unpaired) electrons. The van der Waals surface area contributed by atoms with Crippen LogP contribution in [0.5, 0.6) is 0 Å². The van der Waals surface area contributed by atoms with Crippen LogP contribution in [0.4, 0.5) is 5.69 Å². The number of carbonyl (C=O) groups is 1. The molecule has 0 aliphatic carbocycles. The fourth-order valence-electron chi connectivity index (χ4n) is 1.92. The first-order valence-corrected chi connectivity index (χ1v) is 7.12. The molecule has 0 fully saturated rings. The largest absolute Gasteiger partial charge is 0.326 e. The molecule has 0 saturated heterocycles. The Balaban J connectivity index is 1.96. The monoisotopic (exact) mass is 307 g/mol. The Morgan fingerprint density at radius 2 is 1.85 bits per heavy atom. The quantitative estimate of drug-likeness (QED) is 0.857. The SMILES string of the molecule is Cc1ccccc1NC(=O)CCc1cccc(Cl)c1Cl. The fraction of sp³-hybridized carbons (Fsp3) is 0.188. The van der Waals surface area contributed by atoms with Gasteiger partial charge in [-0.05, 0) is 36.6 Å². The van der Waals surface area contributed by atoms with Gasteiger partial charge >= 0.3 is 0 Å². The number of halogens is 2. The second-order valence-corrected chi connectivity index (χ2v) is 5.36. The number of aryl methyl sites for hydroxylation is 2. The lowest BCUT2D eigenvalue weighted by atomic mass is 10.1. The summed E-state index contributed by atoms with van der Waals surface area (Å²) >= 11 is 12.0. The summed E-state index contributed by atoms with van der Waals surface area (Å²) in [5.41, 5.74) is 2.77. The Morgan fingerprint density at radius 1 is 1.10 bits per heavy atom. The van der Waals surface area contributed by atoms with Crippen LogP contribution in [0.3, 0.4) is 0 Å². The molecule has 20 heavy (non-hydrogen) atoms. The average molecular weight is 308 g/mol. The average Bonchev–Trinajstić information content (AvgIpc) is 2.43. The summed E-state index contributed by atoms with van der Waals surface area (Å²) in [4.78, 5) is 11.9. The number of amides is 1. The van der Waals surface area contributed by atoms with E-state index < -0.39 is 0 Å². The zero-order chi connectivity index (χ0) is 14.5. The highest BCUT2D eigenvalue weighted by molar-refractivity contribution is 6.42. The third-order valence-electron chi connectivity index (χ3n) is 3.07. The minimum Gasteiger partial charge on any atom is -0.326 e. The lowest BCUT2D eigenvalue weighted by molar-refractivity contribution is -0.116. The van der Waals surface area contributed by atoms with Gasteiger partial charge in [-0.2, -0.15) is 0 Å². The number of carbonyl (C=O) groups excluding carboxylic acids is 1. The van der Waals surface area contributed by atoms with Crippen molar-refractivity contribution in [3.05, 3.63) is 63.6 Å². The van der Waals surface area contributed by atoms with Gasteiger partial charge in [-0.1, -0.05) is 53.5 Å². The number of nitrogens with one attached hydrogen (secondary N) is 1. The smallest absolute Gasteiger partial charge is 0.224 e. The molecule has 4 heteroatoms. The summed E-state index contributed by atoms with van der Waals surface area (Å²) in [7, 11) is 0. The lowest BCUT2D eigenvalue weighted by Gasteiger charge is -2.09. The highest BCUT2D eigenvalue weighted by Gasteiger charge is 2.08. The van der Waals surface area contributed by atoms with Crippen molar-refractivity contribution >= 4 is 34.8 Å². The molecule has 2 aromatic rings. The van der Waals surface area contributed by atoms with Crippen LogP contribution in [0, 0.1) is 6.92 Å². The Kier molecular flexibility index (Phi) is 5.05. The highest BCUT2D eigenvalue weighted by Crippen LogP contribution is 2.26. The Bertz CT molecular complexity index is 626. The molecular formula is C16H15Cl2NO. The third kappa shape index (κ3) is 3.75. The summed E-state index contributed by atoms with van der Waals surface area (Å²) < 4.78 is 0. The summed E-state index contributed by atoms with van der Waals surface area (Å²) in [6.07, 6.45) is 0.936. The zero-order valence-corrected chi connectivity index (χ0v) is 12.6. The van der Waals surface area contributed by atoms with Crippen molar-refractivity contribution in [2.45, 2.75) is 19.8 Å². The van der Waals surface area contributed by atoms with Crippen LogP contribution in [-0.2, 0) is 11.2 Å². The molecule has 0 aliphatic rings. The number of hydrogen-bond acceptors (Lipinski definition) is 1. The maximum absolute atomic E-state index is 11.9. The standard InChI is InChI=1S/C16H15Cl2NO/c1-11-5-2-3-8-14(11)19-15(20)10-9-12-6-4-7-13(17)16(12)18/h2-8H,9-10H2,1H3,(H,19,20). The number of hydrogen-bond donors (Lipinski definition) is 1. The van der Waals surface area contributed by atoms with Crippen molar-refractivity contribution in [2.75, 3.05) is 5.32 Å². The predicted molar refractivity (Wildman–Crippen MR) is 84.6 cm³/mol. The zero-order valence-electron chi connectivity index (χ0n) is 11.1. The molecule has 1 N–H and O–H groups in total. The first kappa shape index (κ1) is 14.9. The number of rotatable bonds is 4. The molecule has 0 saturated carbocycles. The minimum atomic E-state index is -0.0321. The minimum absolute atomic E-state index is 0.0321.